The van der Waals surface area contributed by atoms with Gasteiger partial charge in [0.2, 0.25) is 0 Å². The molecule has 0 atom stereocenters. The van der Waals surface area contributed by atoms with E-state index in [9.17, 15) is 0 Å². The molecule has 2 rings (SSSR count). The zero-order chi connectivity index (χ0) is 7.19. The van der Waals surface area contributed by atoms with Crippen LogP contribution in [0.3, 0.4) is 0 Å². The van der Waals surface area contributed by atoms with Gasteiger partial charge in [-0.15, -0.1) is 0 Å². The molecule has 0 nitrogen and oxygen atoms in total. The van der Waals surface area contributed by atoms with E-state index in [0.717, 1.165) is 17.3 Å². The second-order valence-corrected chi connectivity index (χ2v) is 7.53. The van der Waals surface area contributed by atoms with E-state index in [-0.39, 0.29) is 0 Å². The first kappa shape index (κ1) is 7.29. The van der Waals surface area contributed by atoms with Gasteiger partial charge in [0.25, 0.3) is 0 Å². The average Bonchev–Trinajstić information content (AvgIpc) is 1.54. The van der Waals surface area contributed by atoms with Crippen LogP contribution < -0.4 is 0 Å². The third kappa shape index (κ3) is 0.983. The first-order chi connectivity index (χ1) is 4.72. The summed E-state index contributed by atoms with van der Waals surface area (Å²) in [5.74, 6) is 2.08. The molecule has 0 aromatic rings. The third-order valence-corrected chi connectivity index (χ3v) is 8.33. The van der Waals surface area contributed by atoms with Crippen LogP contribution in [0.2, 0.25) is 9.95 Å². The van der Waals surface area contributed by atoms with Crippen molar-refractivity contribution in [1.82, 2.24) is 0 Å². The summed E-state index contributed by atoms with van der Waals surface area (Å²) in [6, 6.07) is 0. The molecule has 1 saturated carbocycles. The zero-order valence-electron chi connectivity index (χ0n) is 7.06. The molecular weight excluding hydrogens is 178 g/mol. The Morgan fingerprint density at radius 3 is 2.20 bits per heavy atom. The van der Waals surface area contributed by atoms with Gasteiger partial charge >= 0.3 is 71.3 Å². The standard InChI is InChI=1S/C9H16.Ga/c1-7(2)8-5-9(3,4)6-8;/h7-8H,3-6H2,1-2H3;. The Bertz CT molecular complexity index is 128. The van der Waals surface area contributed by atoms with E-state index in [2.05, 4.69) is 13.8 Å². The van der Waals surface area contributed by atoms with Crippen LogP contribution in [0.5, 0.6) is 0 Å². The van der Waals surface area contributed by atoms with Crippen LogP contribution in [0.4, 0.5) is 0 Å². The van der Waals surface area contributed by atoms with Crippen molar-refractivity contribution in [3.63, 3.8) is 0 Å². The van der Waals surface area contributed by atoms with Gasteiger partial charge in [-0.3, -0.25) is 0 Å². The third-order valence-electron chi connectivity index (χ3n) is 3.49. The van der Waals surface area contributed by atoms with E-state index in [1.807, 2.05) is 0 Å². The summed E-state index contributed by atoms with van der Waals surface area (Å²) < 4.78 is 0. The van der Waals surface area contributed by atoms with E-state index in [1.54, 1.807) is 22.8 Å². The summed E-state index contributed by atoms with van der Waals surface area (Å²) in [4.78, 5) is 3.42. The molecule has 0 unspecified atom stereocenters. The van der Waals surface area contributed by atoms with Crippen LogP contribution in [0.25, 0.3) is 0 Å². The Hall–Kier alpha value is 0.636. The molecule has 0 amide bonds. The van der Waals surface area contributed by atoms with Crippen LogP contribution in [0.15, 0.2) is 0 Å². The quantitative estimate of drug-likeness (QED) is 0.562. The van der Waals surface area contributed by atoms with E-state index in [1.165, 1.54) is 0 Å². The summed E-state index contributed by atoms with van der Waals surface area (Å²) in [5.41, 5.74) is 0.967. The van der Waals surface area contributed by atoms with Gasteiger partial charge in [-0.1, -0.05) is 0 Å². The molecule has 1 aliphatic carbocycles. The molecule has 0 aromatic heterocycles. The van der Waals surface area contributed by atoms with E-state index in [4.69, 9.17) is 0 Å². The second-order valence-electron chi connectivity index (χ2n) is 4.61. The Kier molecular flexibility index (Phi) is 1.69. The average molecular weight is 194 g/mol. The van der Waals surface area contributed by atoms with Crippen molar-refractivity contribution in [1.29, 1.82) is 0 Å². The van der Waals surface area contributed by atoms with Gasteiger partial charge < -0.3 is 0 Å². The van der Waals surface area contributed by atoms with Gasteiger partial charge in [-0.05, 0) is 0 Å². The Labute approximate surface area is 71.6 Å². The van der Waals surface area contributed by atoms with Crippen molar-refractivity contribution in [2.24, 2.45) is 17.3 Å². The summed E-state index contributed by atoms with van der Waals surface area (Å²) in [6.45, 7) is 4.77. The van der Waals surface area contributed by atoms with Crippen LogP contribution in [0, 0.1) is 17.3 Å². The molecule has 1 saturated heterocycles. The summed E-state index contributed by atoms with van der Waals surface area (Å²) in [6.07, 6.45) is 3.20. The predicted octanol–water partition coefficient (Wildman–Crippen LogP) is 2.59. The van der Waals surface area contributed by atoms with Gasteiger partial charge in [0.05, 0.1) is 0 Å². The number of hydrogen-bond donors (Lipinski definition) is 0. The molecule has 55 valence electrons. The maximum atomic E-state index is 2.38. The van der Waals surface area contributed by atoms with Crippen LogP contribution >= 0.6 is 0 Å². The van der Waals surface area contributed by atoms with Crippen LogP contribution in [0.1, 0.15) is 26.7 Å². The van der Waals surface area contributed by atoms with Gasteiger partial charge in [-0.2, -0.15) is 0 Å². The van der Waals surface area contributed by atoms with Gasteiger partial charge in [0, 0.05) is 0 Å². The van der Waals surface area contributed by atoms with Crippen molar-refractivity contribution >= 4 is 17.4 Å². The monoisotopic (exact) mass is 193 g/mol. The topological polar surface area (TPSA) is 0 Å². The zero-order valence-corrected chi connectivity index (χ0v) is 9.48. The fraction of sp³-hybridized carbons (Fsp3) is 1.00. The summed E-state index contributed by atoms with van der Waals surface area (Å²) in [7, 11) is 0. The Morgan fingerprint density at radius 1 is 1.30 bits per heavy atom. The molecule has 1 radical (unpaired) electrons. The molecule has 0 N–H and O–H groups in total. The molecule has 1 heteroatoms. The van der Waals surface area contributed by atoms with Gasteiger partial charge in [0.1, 0.15) is 0 Å². The molecular formula is C9H16Ga. The van der Waals surface area contributed by atoms with Crippen molar-refractivity contribution in [2.45, 2.75) is 36.6 Å². The molecule has 1 aliphatic heterocycles. The van der Waals surface area contributed by atoms with Crippen LogP contribution in [-0.4, -0.2) is 17.4 Å². The minimum atomic E-state index is 0.366. The molecule has 0 aromatic carbocycles. The van der Waals surface area contributed by atoms with E-state index in [0.29, 0.717) is 17.4 Å². The molecule has 1 spiro atoms. The molecule has 2 aliphatic rings. The molecule has 0 bridgehead atoms. The van der Waals surface area contributed by atoms with Crippen LogP contribution in [-0.2, 0) is 0 Å². The van der Waals surface area contributed by atoms with Crippen molar-refractivity contribution < 1.29 is 0 Å². The fourth-order valence-electron chi connectivity index (χ4n) is 2.41. The first-order valence-corrected chi connectivity index (χ1v) is 7.96. The predicted molar refractivity (Wildman–Crippen MR) is 45.4 cm³/mol. The van der Waals surface area contributed by atoms with Gasteiger partial charge in [-0.25, -0.2) is 0 Å². The molecule has 2 fully saturated rings. The Morgan fingerprint density at radius 2 is 1.90 bits per heavy atom. The summed E-state index contributed by atoms with van der Waals surface area (Å²) in [5, 5.41) is 0. The van der Waals surface area contributed by atoms with Crippen molar-refractivity contribution in [3.05, 3.63) is 0 Å². The van der Waals surface area contributed by atoms with Crippen molar-refractivity contribution in [2.75, 3.05) is 0 Å². The molecule has 1 heterocycles. The maximum absolute atomic E-state index is 2.38. The number of hydrogen-bond acceptors (Lipinski definition) is 0. The van der Waals surface area contributed by atoms with E-state index < -0.39 is 0 Å². The number of rotatable bonds is 1. The fourth-order valence-corrected chi connectivity index (χ4v) is 6.13. The second kappa shape index (κ2) is 2.31. The minimum absolute atomic E-state index is 0.366. The van der Waals surface area contributed by atoms with Gasteiger partial charge in [0.15, 0.2) is 0 Å². The van der Waals surface area contributed by atoms with E-state index >= 15 is 0 Å². The van der Waals surface area contributed by atoms with Crippen molar-refractivity contribution in [3.8, 4) is 0 Å². The normalized spacial score (nSPS) is 29.5. The summed E-state index contributed by atoms with van der Waals surface area (Å²) >= 11 is 0.366. The molecule has 10 heavy (non-hydrogen) atoms. The SMILES string of the molecule is CC(C)C1CC2([CH2][Ga][CH2]2)C1. The first-order valence-electron chi connectivity index (χ1n) is 4.54. The Balaban J connectivity index is 1.82.